The highest BCUT2D eigenvalue weighted by atomic mass is 19.4. The molecule has 2 N–H and O–H groups in total. The normalized spacial score (nSPS) is 17.4. The molecule has 2 fully saturated rings. The number of halogens is 3. The number of alkyl halides is 3. The molecule has 2 saturated carbocycles. The van der Waals surface area contributed by atoms with Crippen LogP contribution in [-0.2, 0) is 17.5 Å². The Balaban J connectivity index is 1.62. The van der Waals surface area contributed by atoms with Crippen molar-refractivity contribution in [3.8, 4) is 0 Å². The first-order valence-corrected chi connectivity index (χ1v) is 13.7. The van der Waals surface area contributed by atoms with Gasteiger partial charge in [0.2, 0.25) is 17.7 Å². The molecular weight excluding hydrogens is 525 g/mol. The van der Waals surface area contributed by atoms with Crippen LogP contribution in [0, 0.1) is 11.8 Å². The molecule has 1 atom stereocenters. The number of carbonyl (C=O) groups excluding carboxylic acids is 1. The van der Waals surface area contributed by atoms with E-state index >= 15 is 0 Å². The van der Waals surface area contributed by atoms with Gasteiger partial charge in [0.1, 0.15) is 5.52 Å². The predicted molar refractivity (Wildman–Crippen MR) is 143 cm³/mol. The Bertz CT molecular complexity index is 1400. The van der Waals surface area contributed by atoms with Crippen LogP contribution in [0.1, 0.15) is 80.0 Å². The summed E-state index contributed by atoms with van der Waals surface area (Å²) < 4.78 is 41.3. The lowest BCUT2D eigenvalue weighted by molar-refractivity contribution is -0.137. The van der Waals surface area contributed by atoms with Crippen molar-refractivity contribution in [2.24, 2.45) is 11.8 Å². The second kappa shape index (κ2) is 11.1. The molecule has 2 aliphatic carbocycles. The van der Waals surface area contributed by atoms with Crippen LogP contribution in [-0.4, -0.2) is 49.6 Å². The number of benzene rings is 1. The molecule has 2 heterocycles. The van der Waals surface area contributed by atoms with Crippen LogP contribution >= 0.6 is 0 Å². The summed E-state index contributed by atoms with van der Waals surface area (Å²) in [4.78, 5) is 39.9. The van der Waals surface area contributed by atoms with E-state index in [-0.39, 0.29) is 41.8 Å². The molecule has 0 unspecified atom stereocenters. The summed E-state index contributed by atoms with van der Waals surface area (Å²) in [5, 5.41) is 13.1. The molecule has 214 valence electrons. The molecule has 40 heavy (non-hydrogen) atoms. The third-order valence-electron chi connectivity index (χ3n) is 8.20. The number of aromatic nitrogens is 4. The Morgan fingerprint density at radius 1 is 1.05 bits per heavy atom. The van der Waals surface area contributed by atoms with E-state index < -0.39 is 23.5 Å². The molecular formula is C28H33F3N6O3. The fourth-order valence-corrected chi connectivity index (χ4v) is 5.60. The second-order valence-electron chi connectivity index (χ2n) is 10.9. The van der Waals surface area contributed by atoms with Gasteiger partial charge < -0.3 is 15.0 Å². The van der Waals surface area contributed by atoms with Gasteiger partial charge in [-0.05, 0) is 56.2 Å². The minimum atomic E-state index is -4.46. The van der Waals surface area contributed by atoms with Gasteiger partial charge in [-0.3, -0.25) is 9.69 Å². The van der Waals surface area contributed by atoms with E-state index in [4.69, 9.17) is 0 Å². The Hall–Kier alpha value is -3.70. The van der Waals surface area contributed by atoms with Crippen molar-refractivity contribution in [1.29, 1.82) is 0 Å². The Kier molecular flexibility index (Phi) is 7.70. The molecule has 0 radical (unpaired) electrons. The summed E-state index contributed by atoms with van der Waals surface area (Å²) >= 11 is 0. The van der Waals surface area contributed by atoms with Crippen LogP contribution in [0.5, 0.6) is 0 Å². The molecule has 0 spiro atoms. The molecule has 3 aromatic rings. The number of carbonyl (C=O) groups is 2. The average Bonchev–Trinajstić information content (AvgIpc) is 3.25. The zero-order chi connectivity index (χ0) is 28.6. The topological polar surface area (TPSA) is 113 Å². The van der Waals surface area contributed by atoms with Crippen molar-refractivity contribution in [3.05, 3.63) is 41.2 Å². The molecule has 5 rings (SSSR count). The quantitative estimate of drug-likeness (QED) is 0.363. The van der Waals surface area contributed by atoms with Crippen molar-refractivity contribution in [3.63, 3.8) is 0 Å². The maximum absolute atomic E-state index is 13.5. The van der Waals surface area contributed by atoms with Gasteiger partial charge >= 0.3 is 12.1 Å². The minimum absolute atomic E-state index is 0.00651. The van der Waals surface area contributed by atoms with E-state index in [1.54, 1.807) is 11.6 Å². The summed E-state index contributed by atoms with van der Waals surface area (Å²) in [6.45, 7) is 2.09. The van der Waals surface area contributed by atoms with Crippen molar-refractivity contribution in [2.45, 2.75) is 77.1 Å². The number of aromatic carboxylic acids is 1. The van der Waals surface area contributed by atoms with Gasteiger partial charge in [0.25, 0.3) is 0 Å². The largest absolute Gasteiger partial charge is 0.475 e. The zero-order valence-corrected chi connectivity index (χ0v) is 22.5. The Morgan fingerprint density at radius 2 is 1.73 bits per heavy atom. The first-order valence-electron chi connectivity index (χ1n) is 13.7. The van der Waals surface area contributed by atoms with Crippen LogP contribution < -0.4 is 10.2 Å². The van der Waals surface area contributed by atoms with E-state index in [9.17, 15) is 27.9 Å². The van der Waals surface area contributed by atoms with Gasteiger partial charge in [-0.25, -0.2) is 14.8 Å². The minimum Gasteiger partial charge on any atom is -0.475 e. The third-order valence-corrected chi connectivity index (χ3v) is 8.20. The molecule has 12 heteroatoms. The number of rotatable bonds is 8. The molecule has 2 aliphatic rings. The van der Waals surface area contributed by atoms with Crippen molar-refractivity contribution in [2.75, 3.05) is 17.3 Å². The van der Waals surface area contributed by atoms with Gasteiger partial charge in [0.15, 0.2) is 11.5 Å². The van der Waals surface area contributed by atoms with Crippen molar-refractivity contribution in [1.82, 2.24) is 19.5 Å². The Morgan fingerprint density at radius 3 is 2.30 bits per heavy atom. The average molecular weight is 559 g/mol. The van der Waals surface area contributed by atoms with Crippen LogP contribution in [0.4, 0.5) is 24.9 Å². The smallest absolute Gasteiger partial charge is 0.416 e. The standard InChI is InChI=1S/C28H33F3N6O3/c1-16(18-9-6-10-18)32-22-21-23(34-24(33-22)26(39)40)35-27(36(2)25(38)19-7-4-3-5-8-19)37(21)15-17-11-13-20(14-12-17)28(29,30)31/h11-14,16,18-19H,3-10,15H2,1-2H3,(H,39,40)(H,32,33,34)/t16-/m1/s1. The summed E-state index contributed by atoms with van der Waals surface area (Å²) in [6, 6.07) is 4.80. The predicted octanol–water partition coefficient (Wildman–Crippen LogP) is 5.74. The number of nitrogens with one attached hydrogen (secondary N) is 1. The molecule has 1 amide bonds. The molecule has 2 aromatic heterocycles. The molecule has 1 aromatic carbocycles. The lowest BCUT2D eigenvalue weighted by atomic mass is 9.80. The number of imidazole rings is 1. The van der Waals surface area contributed by atoms with Crippen LogP contribution in [0.15, 0.2) is 24.3 Å². The van der Waals surface area contributed by atoms with Gasteiger partial charge in [0, 0.05) is 19.0 Å². The number of anilines is 2. The summed E-state index contributed by atoms with van der Waals surface area (Å²) in [5.41, 5.74) is 0.283. The highest BCUT2D eigenvalue weighted by Gasteiger charge is 2.32. The number of nitrogens with zero attached hydrogens (tertiary/aromatic N) is 5. The van der Waals surface area contributed by atoms with E-state index in [0.717, 1.165) is 63.5 Å². The number of hydrogen-bond acceptors (Lipinski definition) is 6. The molecule has 0 aliphatic heterocycles. The summed E-state index contributed by atoms with van der Waals surface area (Å²) in [5.74, 6) is -1.09. The molecule has 0 saturated heterocycles. The highest BCUT2D eigenvalue weighted by Crippen LogP contribution is 2.35. The summed E-state index contributed by atoms with van der Waals surface area (Å²) in [6.07, 6.45) is 3.31. The van der Waals surface area contributed by atoms with Gasteiger partial charge in [-0.2, -0.15) is 18.2 Å². The van der Waals surface area contributed by atoms with E-state index in [0.29, 0.717) is 17.0 Å². The van der Waals surface area contributed by atoms with Crippen LogP contribution in [0.2, 0.25) is 0 Å². The summed E-state index contributed by atoms with van der Waals surface area (Å²) in [7, 11) is 1.62. The highest BCUT2D eigenvalue weighted by molar-refractivity contribution is 5.97. The maximum atomic E-state index is 13.5. The number of carboxylic acid groups (broad SMARTS) is 1. The van der Waals surface area contributed by atoms with E-state index in [1.807, 2.05) is 6.92 Å². The fourth-order valence-electron chi connectivity index (χ4n) is 5.60. The lowest BCUT2D eigenvalue weighted by Crippen LogP contribution is -2.35. The number of fused-ring (bicyclic) bond motifs is 1. The third kappa shape index (κ3) is 5.62. The van der Waals surface area contributed by atoms with Crippen molar-refractivity contribution < 1.29 is 27.9 Å². The fraction of sp³-hybridized carbons (Fsp3) is 0.536. The number of hydrogen-bond donors (Lipinski definition) is 2. The number of carboxylic acids is 1. The lowest BCUT2D eigenvalue weighted by Gasteiger charge is -2.32. The second-order valence-corrected chi connectivity index (χ2v) is 10.9. The van der Waals surface area contributed by atoms with Gasteiger partial charge in [0.05, 0.1) is 12.1 Å². The number of amides is 1. The molecule has 9 nitrogen and oxygen atoms in total. The monoisotopic (exact) mass is 558 g/mol. The van der Waals surface area contributed by atoms with E-state index in [2.05, 4.69) is 20.3 Å². The maximum Gasteiger partial charge on any atom is 0.416 e. The van der Waals surface area contributed by atoms with E-state index in [1.165, 1.54) is 17.0 Å². The van der Waals surface area contributed by atoms with Crippen LogP contribution in [0.3, 0.4) is 0 Å². The van der Waals surface area contributed by atoms with Crippen LogP contribution in [0.25, 0.3) is 11.2 Å². The van der Waals surface area contributed by atoms with Gasteiger partial charge in [-0.1, -0.05) is 37.8 Å². The first-order chi connectivity index (χ1) is 19.0. The Labute approximate surface area is 229 Å². The SMILES string of the molecule is C[C@@H](Nc1nc(C(=O)O)nc2nc(N(C)C(=O)C3CCCCC3)n(Cc3ccc(C(F)(F)F)cc3)c12)C1CCC1. The van der Waals surface area contributed by atoms with Crippen molar-refractivity contribution >= 4 is 34.8 Å². The molecule has 0 bridgehead atoms. The first kappa shape index (κ1) is 27.9. The van der Waals surface area contributed by atoms with Gasteiger partial charge in [-0.15, -0.1) is 0 Å². The zero-order valence-electron chi connectivity index (χ0n) is 22.5.